The normalized spacial score (nSPS) is 11.7. The van der Waals surface area contributed by atoms with Crippen molar-refractivity contribution < 1.29 is 19.2 Å². The minimum absolute atomic E-state index is 0.0213. The van der Waals surface area contributed by atoms with Crippen molar-refractivity contribution in [3.63, 3.8) is 0 Å². The second-order valence-electron chi connectivity index (χ2n) is 11.6. The fraction of sp³-hybridized carbons (Fsp3) is 0.263. The van der Waals surface area contributed by atoms with Crippen LogP contribution in [0.4, 0.5) is 11.4 Å². The van der Waals surface area contributed by atoms with E-state index >= 15 is 0 Å². The van der Waals surface area contributed by atoms with Crippen LogP contribution in [0.25, 0.3) is 21.8 Å². The molecule has 2 heterocycles. The van der Waals surface area contributed by atoms with Gasteiger partial charge in [0.25, 0.3) is 0 Å². The van der Waals surface area contributed by atoms with Gasteiger partial charge in [-0.25, -0.2) is 0 Å². The van der Waals surface area contributed by atoms with E-state index in [1.165, 1.54) is 0 Å². The smallest absolute Gasteiger partial charge is 0.239 e. The highest BCUT2D eigenvalue weighted by molar-refractivity contribution is 6.14. The lowest BCUT2D eigenvalue weighted by Crippen LogP contribution is -2.29. The molecule has 1 atom stereocenters. The topological polar surface area (TPSA) is 118 Å². The number of hydrogen-bond donors (Lipinski definition) is 2. The van der Waals surface area contributed by atoms with Gasteiger partial charge in [0.15, 0.2) is 5.78 Å². The first-order chi connectivity index (χ1) is 22.4. The second-order valence-corrected chi connectivity index (χ2v) is 11.6. The van der Waals surface area contributed by atoms with E-state index in [1.54, 1.807) is 49.6 Å². The minimum atomic E-state index is -1.11. The number of unbranched alkanes of at least 4 members (excludes halogenated alkanes) is 4. The summed E-state index contributed by atoms with van der Waals surface area (Å²) in [7, 11) is 0. The van der Waals surface area contributed by atoms with E-state index in [4.69, 9.17) is 0 Å². The van der Waals surface area contributed by atoms with E-state index in [-0.39, 0.29) is 23.9 Å². The largest absolute Gasteiger partial charge is 0.326 e. The zero-order valence-electron chi connectivity index (χ0n) is 26.0. The zero-order valence-corrected chi connectivity index (χ0v) is 26.0. The molecule has 0 aliphatic rings. The van der Waals surface area contributed by atoms with Gasteiger partial charge in [-0.05, 0) is 61.2 Å². The van der Waals surface area contributed by atoms with Crippen molar-refractivity contribution in [2.45, 2.75) is 64.2 Å². The Balaban J connectivity index is 1.30. The Labute approximate surface area is 268 Å². The quantitative estimate of drug-likeness (QED) is 0.0927. The number of pyridine rings is 2. The van der Waals surface area contributed by atoms with Gasteiger partial charge in [-0.3, -0.25) is 24.4 Å². The molecular formula is C38H38N4O4. The molecule has 0 bridgehead atoms. The predicted octanol–water partition coefficient (Wildman–Crippen LogP) is 7.58. The molecule has 0 fully saturated rings. The number of para-hydroxylation sites is 2. The van der Waals surface area contributed by atoms with E-state index in [0.29, 0.717) is 35.3 Å². The van der Waals surface area contributed by atoms with Crippen LogP contribution in [0, 0.1) is 0 Å². The summed E-state index contributed by atoms with van der Waals surface area (Å²) in [5, 5.41) is 7.67. The van der Waals surface area contributed by atoms with E-state index < -0.39 is 11.8 Å². The number of carbonyl (C=O) groups is 4. The fourth-order valence-electron chi connectivity index (χ4n) is 5.67. The Bertz CT molecular complexity index is 1750. The molecule has 8 heteroatoms. The molecule has 0 aliphatic carbocycles. The number of rotatable bonds is 15. The molecule has 0 saturated heterocycles. The number of nitrogens with zero attached hydrogens (tertiary/aromatic N) is 2. The first-order valence-electron chi connectivity index (χ1n) is 15.8. The number of ketones is 2. The predicted molar refractivity (Wildman–Crippen MR) is 182 cm³/mol. The van der Waals surface area contributed by atoms with Gasteiger partial charge in [0.2, 0.25) is 11.8 Å². The molecule has 46 heavy (non-hydrogen) atoms. The Morgan fingerprint density at radius 3 is 1.98 bits per heavy atom. The second kappa shape index (κ2) is 15.7. The van der Waals surface area contributed by atoms with E-state index in [1.807, 2.05) is 54.6 Å². The SMILES string of the molecule is CC(=O)CCCCCCCC(=O)Nc1ccc(C(C(=O)Cc2cccc3cccnc23)C(=O)Nc2cccc3cccnc23)cc1. The summed E-state index contributed by atoms with van der Waals surface area (Å²) in [5.74, 6) is -1.72. The van der Waals surface area contributed by atoms with Crippen LogP contribution >= 0.6 is 0 Å². The van der Waals surface area contributed by atoms with Crippen LogP contribution in [0.1, 0.15) is 68.9 Å². The molecule has 5 rings (SSSR count). The standard InChI is InChI=1S/C38H38N4O4/c1-26(43)11-5-3-2-4-6-18-34(45)41-31-21-19-27(20-22-31)35(33(44)25-30-14-7-12-28-15-9-23-39-36(28)30)38(46)42-32-17-8-13-29-16-10-24-40-37(29)32/h7-10,12-17,19-24,35H,2-6,11,18,25H2,1H3,(H,41,45)(H,42,46). The summed E-state index contributed by atoms with van der Waals surface area (Å²) < 4.78 is 0. The monoisotopic (exact) mass is 614 g/mol. The maximum Gasteiger partial charge on any atom is 0.239 e. The van der Waals surface area contributed by atoms with Crippen molar-refractivity contribution in [2.24, 2.45) is 0 Å². The third-order valence-corrected chi connectivity index (χ3v) is 8.02. The zero-order chi connectivity index (χ0) is 32.3. The molecule has 8 nitrogen and oxygen atoms in total. The molecule has 0 saturated carbocycles. The van der Waals surface area contributed by atoms with Crippen LogP contribution in [-0.4, -0.2) is 33.3 Å². The van der Waals surface area contributed by atoms with Crippen LogP contribution in [0.15, 0.2) is 97.3 Å². The molecule has 0 spiro atoms. The molecular weight excluding hydrogens is 576 g/mol. The van der Waals surface area contributed by atoms with Crippen molar-refractivity contribution >= 4 is 56.6 Å². The van der Waals surface area contributed by atoms with Gasteiger partial charge in [0.1, 0.15) is 11.7 Å². The van der Waals surface area contributed by atoms with Gasteiger partial charge in [-0.2, -0.15) is 0 Å². The van der Waals surface area contributed by atoms with Gasteiger partial charge < -0.3 is 15.4 Å². The van der Waals surface area contributed by atoms with Gasteiger partial charge in [-0.1, -0.05) is 73.9 Å². The summed E-state index contributed by atoms with van der Waals surface area (Å²) in [6.45, 7) is 1.61. The van der Waals surface area contributed by atoms with Crippen molar-refractivity contribution in [1.29, 1.82) is 0 Å². The van der Waals surface area contributed by atoms with Gasteiger partial charge >= 0.3 is 0 Å². The molecule has 2 amide bonds. The molecule has 5 aromatic rings. The number of carbonyl (C=O) groups excluding carboxylic acids is 4. The van der Waals surface area contributed by atoms with Crippen molar-refractivity contribution in [3.8, 4) is 0 Å². The Kier molecular flexibility index (Phi) is 10.9. The lowest BCUT2D eigenvalue weighted by Gasteiger charge is -2.18. The average molecular weight is 615 g/mol. The van der Waals surface area contributed by atoms with E-state index in [9.17, 15) is 19.2 Å². The van der Waals surface area contributed by atoms with E-state index in [2.05, 4.69) is 20.6 Å². The van der Waals surface area contributed by atoms with Crippen molar-refractivity contribution in [3.05, 3.63) is 108 Å². The highest BCUT2D eigenvalue weighted by Gasteiger charge is 2.29. The maximum absolute atomic E-state index is 14.0. The average Bonchev–Trinajstić information content (AvgIpc) is 3.05. The number of hydrogen-bond acceptors (Lipinski definition) is 6. The van der Waals surface area contributed by atoms with Gasteiger partial charge in [-0.15, -0.1) is 0 Å². The van der Waals surface area contributed by atoms with E-state index in [0.717, 1.165) is 54.0 Å². The fourth-order valence-corrected chi connectivity index (χ4v) is 5.67. The molecule has 234 valence electrons. The Morgan fingerprint density at radius 1 is 0.652 bits per heavy atom. The molecule has 2 aromatic heterocycles. The summed E-state index contributed by atoms with van der Waals surface area (Å²) in [6.07, 6.45) is 8.98. The Hall–Kier alpha value is -5.24. The summed E-state index contributed by atoms with van der Waals surface area (Å²) in [4.78, 5) is 60.4. The van der Waals surface area contributed by atoms with Crippen molar-refractivity contribution in [2.75, 3.05) is 10.6 Å². The third kappa shape index (κ3) is 8.47. The summed E-state index contributed by atoms with van der Waals surface area (Å²) >= 11 is 0. The molecule has 1 unspecified atom stereocenters. The van der Waals surface area contributed by atoms with Crippen LogP contribution in [0.5, 0.6) is 0 Å². The number of nitrogens with one attached hydrogen (secondary N) is 2. The number of Topliss-reactive ketones (excluding diaryl/α,β-unsaturated/α-hetero) is 2. The Morgan fingerprint density at radius 2 is 1.26 bits per heavy atom. The lowest BCUT2D eigenvalue weighted by molar-refractivity contribution is -0.127. The molecule has 2 N–H and O–H groups in total. The minimum Gasteiger partial charge on any atom is -0.326 e. The third-order valence-electron chi connectivity index (χ3n) is 8.02. The maximum atomic E-state index is 14.0. The number of aromatic nitrogens is 2. The van der Waals surface area contributed by atoms with Crippen LogP contribution < -0.4 is 10.6 Å². The van der Waals surface area contributed by atoms with Crippen molar-refractivity contribution in [1.82, 2.24) is 9.97 Å². The molecule has 0 radical (unpaired) electrons. The van der Waals surface area contributed by atoms with Crippen LogP contribution in [0.2, 0.25) is 0 Å². The van der Waals surface area contributed by atoms with Crippen LogP contribution in [-0.2, 0) is 25.6 Å². The lowest BCUT2D eigenvalue weighted by atomic mass is 9.89. The number of amides is 2. The molecule has 0 aliphatic heterocycles. The molecule has 3 aromatic carbocycles. The first-order valence-corrected chi connectivity index (χ1v) is 15.8. The van der Waals surface area contributed by atoms with Gasteiger partial charge in [0.05, 0.1) is 16.7 Å². The highest BCUT2D eigenvalue weighted by Crippen LogP contribution is 2.27. The van der Waals surface area contributed by atoms with Gasteiger partial charge in [0, 0.05) is 48.1 Å². The number of fused-ring (bicyclic) bond motifs is 2. The number of anilines is 2. The summed E-state index contributed by atoms with van der Waals surface area (Å²) in [6, 6.07) is 25.6. The summed E-state index contributed by atoms with van der Waals surface area (Å²) in [5.41, 5.74) is 3.75. The van der Waals surface area contributed by atoms with Crippen LogP contribution in [0.3, 0.4) is 0 Å². The highest BCUT2D eigenvalue weighted by atomic mass is 16.2. The number of benzene rings is 3. The first kappa shape index (κ1) is 32.2.